The second-order valence-corrected chi connectivity index (χ2v) is 7.59. The number of amides is 1. The van der Waals surface area contributed by atoms with Crippen molar-refractivity contribution in [3.8, 4) is 5.75 Å². The number of rotatable bonds is 8. The van der Waals surface area contributed by atoms with Crippen LogP contribution in [-0.2, 0) is 0 Å². The predicted octanol–water partition coefficient (Wildman–Crippen LogP) is 4.15. The molecule has 2 aromatic rings. The molecule has 5 nitrogen and oxygen atoms in total. The first-order valence-corrected chi connectivity index (χ1v) is 9.99. The van der Waals surface area contributed by atoms with Gasteiger partial charge in [0.2, 0.25) is 0 Å². The number of hydrogen-bond donors (Lipinski definition) is 1. The fourth-order valence-corrected chi connectivity index (χ4v) is 3.54. The van der Waals surface area contributed by atoms with Crippen molar-refractivity contribution in [1.29, 1.82) is 0 Å². The molecule has 1 saturated heterocycles. The zero-order valence-electron chi connectivity index (χ0n) is 16.6. The fourth-order valence-electron chi connectivity index (χ4n) is 3.54. The number of likely N-dealkylation sites (tertiary alicyclic amines) is 1. The molecular weight excluding hydrogens is 364 g/mol. The SMILES string of the molecule is CCCN(C)CCCOc1ccc2[nH]c(C(=O)N3CCC(F)(F)CC3)cc2c1. The number of hydrogen-bond acceptors (Lipinski definition) is 3. The number of nitrogens with one attached hydrogen (secondary N) is 1. The van der Waals surface area contributed by atoms with Crippen LogP contribution in [0.5, 0.6) is 5.75 Å². The molecule has 0 saturated carbocycles. The minimum absolute atomic E-state index is 0.0854. The number of halogens is 2. The van der Waals surface area contributed by atoms with Gasteiger partial charge in [-0.05, 0) is 50.7 Å². The average Bonchev–Trinajstić information content (AvgIpc) is 3.08. The molecule has 0 aliphatic carbocycles. The van der Waals surface area contributed by atoms with E-state index < -0.39 is 5.92 Å². The second-order valence-electron chi connectivity index (χ2n) is 7.59. The molecule has 1 aromatic carbocycles. The summed E-state index contributed by atoms with van der Waals surface area (Å²) in [6.07, 6.45) is 1.54. The summed E-state index contributed by atoms with van der Waals surface area (Å²) in [6.45, 7) is 5.05. The summed E-state index contributed by atoms with van der Waals surface area (Å²) < 4.78 is 32.4. The molecule has 3 rings (SSSR count). The number of fused-ring (bicyclic) bond motifs is 1. The van der Waals surface area contributed by atoms with Crippen molar-refractivity contribution >= 4 is 16.8 Å². The van der Waals surface area contributed by atoms with Crippen LogP contribution in [0.1, 0.15) is 43.1 Å². The summed E-state index contributed by atoms with van der Waals surface area (Å²) in [7, 11) is 2.11. The highest BCUT2D eigenvalue weighted by Gasteiger charge is 2.36. The first-order chi connectivity index (χ1) is 13.4. The van der Waals surface area contributed by atoms with E-state index >= 15 is 0 Å². The lowest BCUT2D eigenvalue weighted by molar-refractivity contribution is -0.0495. The lowest BCUT2D eigenvalue weighted by Crippen LogP contribution is -2.42. The molecule has 28 heavy (non-hydrogen) atoms. The fraction of sp³-hybridized carbons (Fsp3) is 0.571. The van der Waals surface area contributed by atoms with E-state index in [4.69, 9.17) is 4.74 Å². The smallest absolute Gasteiger partial charge is 0.270 e. The molecule has 1 N–H and O–H groups in total. The van der Waals surface area contributed by atoms with Gasteiger partial charge in [-0.3, -0.25) is 4.79 Å². The zero-order chi connectivity index (χ0) is 20.1. The van der Waals surface area contributed by atoms with Gasteiger partial charge in [-0.15, -0.1) is 0 Å². The molecule has 0 spiro atoms. The Morgan fingerprint density at radius 1 is 1.25 bits per heavy atom. The van der Waals surface area contributed by atoms with Crippen LogP contribution in [0, 0.1) is 0 Å². The maximum atomic E-state index is 13.3. The Balaban J connectivity index is 1.57. The number of alkyl halides is 2. The number of carbonyl (C=O) groups excluding carboxylic acids is 1. The van der Waals surface area contributed by atoms with Crippen LogP contribution in [0.25, 0.3) is 10.9 Å². The molecule has 0 bridgehead atoms. The molecule has 154 valence electrons. The Kier molecular flexibility index (Phi) is 6.54. The summed E-state index contributed by atoms with van der Waals surface area (Å²) in [4.78, 5) is 19.5. The van der Waals surface area contributed by atoms with E-state index in [2.05, 4.69) is 23.9 Å². The number of nitrogens with zero attached hydrogens (tertiary/aromatic N) is 2. The van der Waals surface area contributed by atoms with Gasteiger partial charge >= 0.3 is 0 Å². The first kappa shape index (κ1) is 20.6. The highest BCUT2D eigenvalue weighted by atomic mass is 19.3. The van der Waals surface area contributed by atoms with Gasteiger partial charge in [-0.1, -0.05) is 6.92 Å². The molecule has 0 radical (unpaired) electrons. The molecule has 0 unspecified atom stereocenters. The van der Waals surface area contributed by atoms with Gasteiger partial charge in [-0.25, -0.2) is 8.78 Å². The largest absolute Gasteiger partial charge is 0.494 e. The Labute approximate surface area is 164 Å². The molecule has 1 aliphatic rings. The van der Waals surface area contributed by atoms with Crippen LogP contribution in [0.2, 0.25) is 0 Å². The third kappa shape index (κ3) is 5.22. The third-order valence-electron chi connectivity index (χ3n) is 5.16. The maximum absolute atomic E-state index is 13.3. The van der Waals surface area contributed by atoms with E-state index in [0.717, 1.165) is 42.6 Å². The molecule has 0 atom stereocenters. The first-order valence-electron chi connectivity index (χ1n) is 9.99. The van der Waals surface area contributed by atoms with Crippen LogP contribution in [0.15, 0.2) is 24.3 Å². The van der Waals surface area contributed by atoms with Gasteiger partial charge in [0.15, 0.2) is 0 Å². The molecular formula is C21H29F2N3O2. The summed E-state index contributed by atoms with van der Waals surface area (Å²) in [6, 6.07) is 7.44. The van der Waals surface area contributed by atoms with Crippen molar-refractivity contribution < 1.29 is 18.3 Å². The van der Waals surface area contributed by atoms with Crippen molar-refractivity contribution in [3.63, 3.8) is 0 Å². The quantitative estimate of drug-likeness (QED) is 0.686. The number of piperidine rings is 1. The van der Waals surface area contributed by atoms with Crippen LogP contribution in [0.4, 0.5) is 8.78 Å². The second kappa shape index (κ2) is 8.90. The minimum atomic E-state index is -2.66. The van der Waals surface area contributed by atoms with Gasteiger partial charge < -0.3 is 19.5 Å². The number of ether oxygens (including phenoxy) is 1. The molecule has 1 aliphatic heterocycles. The number of benzene rings is 1. The summed E-state index contributed by atoms with van der Waals surface area (Å²) in [5, 5.41) is 0.881. The van der Waals surface area contributed by atoms with Crippen molar-refractivity contribution in [3.05, 3.63) is 30.0 Å². The van der Waals surface area contributed by atoms with Crippen LogP contribution in [-0.4, -0.2) is 66.4 Å². The lowest BCUT2D eigenvalue weighted by Gasteiger charge is -2.31. The normalized spacial score (nSPS) is 16.7. The van der Waals surface area contributed by atoms with E-state index in [1.54, 1.807) is 6.07 Å². The molecule has 7 heteroatoms. The van der Waals surface area contributed by atoms with Gasteiger partial charge in [0, 0.05) is 43.4 Å². The molecule has 1 aromatic heterocycles. The monoisotopic (exact) mass is 393 g/mol. The van der Waals surface area contributed by atoms with Crippen molar-refractivity contribution in [2.24, 2.45) is 0 Å². The summed E-state index contributed by atoms with van der Waals surface area (Å²) >= 11 is 0. The van der Waals surface area contributed by atoms with Crippen molar-refractivity contribution in [2.75, 3.05) is 39.8 Å². The molecule has 1 amide bonds. The Morgan fingerprint density at radius 3 is 2.71 bits per heavy atom. The Morgan fingerprint density at radius 2 is 2.00 bits per heavy atom. The molecule has 1 fully saturated rings. The van der Waals surface area contributed by atoms with Crippen LogP contribution >= 0.6 is 0 Å². The summed E-state index contributed by atoms with van der Waals surface area (Å²) in [5.41, 5.74) is 1.26. The van der Waals surface area contributed by atoms with E-state index in [-0.39, 0.29) is 31.8 Å². The highest BCUT2D eigenvalue weighted by Crippen LogP contribution is 2.29. The van der Waals surface area contributed by atoms with Gasteiger partial charge in [0.1, 0.15) is 11.4 Å². The van der Waals surface area contributed by atoms with Crippen molar-refractivity contribution in [2.45, 2.75) is 38.5 Å². The highest BCUT2D eigenvalue weighted by molar-refractivity contribution is 5.98. The molecule has 2 heterocycles. The lowest BCUT2D eigenvalue weighted by atomic mass is 10.1. The standard InChI is InChI=1S/C21H29F2N3O2/c1-3-9-25(2)10-4-13-28-17-5-6-18-16(14-17)15-19(24-18)20(27)26-11-7-21(22,23)8-12-26/h5-6,14-15,24H,3-4,7-13H2,1-2H3. The third-order valence-corrected chi connectivity index (χ3v) is 5.16. The predicted molar refractivity (Wildman–Crippen MR) is 106 cm³/mol. The van der Waals surface area contributed by atoms with Crippen LogP contribution < -0.4 is 4.74 Å². The Hall–Kier alpha value is -2.15. The Bertz CT molecular complexity index is 796. The van der Waals surface area contributed by atoms with Crippen LogP contribution in [0.3, 0.4) is 0 Å². The topological polar surface area (TPSA) is 48.6 Å². The number of aromatic amines is 1. The summed E-state index contributed by atoms with van der Waals surface area (Å²) in [5.74, 6) is -2.12. The maximum Gasteiger partial charge on any atom is 0.270 e. The minimum Gasteiger partial charge on any atom is -0.494 e. The van der Waals surface area contributed by atoms with Gasteiger partial charge in [-0.2, -0.15) is 0 Å². The van der Waals surface area contributed by atoms with E-state index in [9.17, 15) is 13.6 Å². The average molecular weight is 393 g/mol. The number of H-pyrrole nitrogens is 1. The van der Waals surface area contributed by atoms with E-state index in [0.29, 0.717) is 12.3 Å². The number of aromatic nitrogens is 1. The van der Waals surface area contributed by atoms with Gasteiger partial charge in [0.05, 0.1) is 6.61 Å². The van der Waals surface area contributed by atoms with Gasteiger partial charge in [0.25, 0.3) is 11.8 Å². The van der Waals surface area contributed by atoms with E-state index in [1.165, 1.54) is 4.90 Å². The van der Waals surface area contributed by atoms with E-state index in [1.807, 2.05) is 18.2 Å². The zero-order valence-corrected chi connectivity index (χ0v) is 16.6. The van der Waals surface area contributed by atoms with Crippen molar-refractivity contribution in [1.82, 2.24) is 14.8 Å². The number of carbonyl (C=O) groups is 1.